The lowest BCUT2D eigenvalue weighted by atomic mass is 10.1. The summed E-state index contributed by atoms with van der Waals surface area (Å²) in [5.41, 5.74) is 0.533. The first-order valence-electron chi connectivity index (χ1n) is 8.20. The van der Waals surface area contributed by atoms with Crippen molar-refractivity contribution in [3.8, 4) is 11.5 Å². The molecule has 2 amide bonds. The van der Waals surface area contributed by atoms with Gasteiger partial charge in [-0.15, -0.1) is 0 Å². The topological polar surface area (TPSA) is 67.9 Å². The lowest BCUT2D eigenvalue weighted by Crippen LogP contribution is -2.57. The van der Waals surface area contributed by atoms with Crippen molar-refractivity contribution in [3.05, 3.63) is 59.1 Å². The molecule has 6 nitrogen and oxygen atoms in total. The van der Waals surface area contributed by atoms with Crippen molar-refractivity contribution in [3.63, 3.8) is 0 Å². The molecule has 1 aliphatic heterocycles. The molecule has 136 valence electrons. The molecule has 3 rings (SSSR count). The van der Waals surface area contributed by atoms with Gasteiger partial charge in [-0.05, 0) is 30.3 Å². The van der Waals surface area contributed by atoms with Gasteiger partial charge in [0, 0.05) is 12.6 Å². The van der Waals surface area contributed by atoms with E-state index in [1.165, 1.54) is 0 Å². The molecule has 0 aromatic heterocycles. The fourth-order valence-electron chi connectivity index (χ4n) is 2.56. The Morgan fingerprint density at radius 3 is 2.69 bits per heavy atom. The zero-order chi connectivity index (χ0) is 18.5. The molecule has 0 saturated carbocycles. The normalized spacial score (nSPS) is 13.7. The highest BCUT2D eigenvalue weighted by atomic mass is 35.5. The van der Waals surface area contributed by atoms with Crippen LogP contribution < -0.4 is 14.8 Å². The summed E-state index contributed by atoms with van der Waals surface area (Å²) < 4.78 is 11.3. The number of carbonyl (C=O) groups is 2. The Morgan fingerprint density at radius 2 is 1.96 bits per heavy atom. The number of halogens is 1. The number of nitrogens with one attached hydrogen (secondary N) is 1. The van der Waals surface area contributed by atoms with Crippen LogP contribution in [0.5, 0.6) is 11.5 Å². The van der Waals surface area contributed by atoms with Crippen molar-refractivity contribution in [1.29, 1.82) is 0 Å². The largest absolute Gasteiger partial charge is 0.487 e. The van der Waals surface area contributed by atoms with Gasteiger partial charge in [-0.1, -0.05) is 29.8 Å². The van der Waals surface area contributed by atoms with Gasteiger partial charge in [0.1, 0.15) is 17.6 Å². The molecular weight excluding hydrogens is 356 g/mol. The van der Waals surface area contributed by atoms with Crippen LogP contribution in [0.2, 0.25) is 5.02 Å². The molecule has 2 aromatic rings. The van der Waals surface area contributed by atoms with Gasteiger partial charge in [0.2, 0.25) is 0 Å². The quantitative estimate of drug-likeness (QED) is 0.842. The van der Waals surface area contributed by atoms with E-state index in [0.717, 1.165) is 0 Å². The number of rotatable bonds is 6. The van der Waals surface area contributed by atoms with Crippen LogP contribution >= 0.6 is 11.6 Å². The van der Waals surface area contributed by atoms with Crippen LogP contribution in [0.3, 0.4) is 0 Å². The second kappa shape index (κ2) is 8.10. The van der Waals surface area contributed by atoms with Gasteiger partial charge in [0.25, 0.3) is 11.8 Å². The number of benzene rings is 2. The van der Waals surface area contributed by atoms with E-state index in [9.17, 15) is 9.59 Å². The first-order valence-corrected chi connectivity index (χ1v) is 8.58. The van der Waals surface area contributed by atoms with Crippen molar-refractivity contribution in [2.24, 2.45) is 0 Å². The molecule has 0 atom stereocenters. The summed E-state index contributed by atoms with van der Waals surface area (Å²) in [5.74, 6) is 0.804. The Bertz CT molecular complexity index is 806. The number of likely N-dealkylation sites (tertiary alicyclic amines) is 1. The second-order valence-electron chi connectivity index (χ2n) is 5.86. The highest BCUT2D eigenvalue weighted by Gasteiger charge is 2.32. The molecule has 26 heavy (non-hydrogen) atoms. The Balaban J connectivity index is 1.46. The smallest absolute Gasteiger partial charge is 0.260 e. The molecule has 0 bridgehead atoms. The summed E-state index contributed by atoms with van der Waals surface area (Å²) in [6.07, 6.45) is -0.0980. The van der Waals surface area contributed by atoms with E-state index < -0.39 is 0 Å². The van der Waals surface area contributed by atoms with E-state index in [4.69, 9.17) is 21.1 Å². The van der Waals surface area contributed by atoms with Crippen LogP contribution in [0.4, 0.5) is 0 Å². The standard InChI is InChI=1S/C19H19ClN2O4/c1-21-19(24)13-5-4-6-14(9-13)26-15-10-22(11-15)18(23)12-25-17-8-3-2-7-16(17)20/h2-9,15H,10-12H2,1H3,(H,21,24). The van der Waals surface area contributed by atoms with Crippen molar-refractivity contribution in [2.45, 2.75) is 6.10 Å². The number of amides is 2. The first-order chi connectivity index (χ1) is 12.6. The maximum atomic E-state index is 12.1. The minimum Gasteiger partial charge on any atom is -0.487 e. The zero-order valence-electron chi connectivity index (χ0n) is 14.3. The van der Waals surface area contributed by atoms with E-state index in [2.05, 4.69) is 5.32 Å². The monoisotopic (exact) mass is 374 g/mol. The van der Waals surface area contributed by atoms with E-state index >= 15 is 0 Å². The van der Waals surface area contributed by atoms with Gasteiger partial charge >= 0.3 is 0 Å². The summed E-state index contributed by atoms with van der Waals surface area (Å²) in [5, 5.41) is 3.05. The molecule has 2 aromatic carbocycles. The molecule has 1 heterocycles. The van der Waals surface area contributed by atoms with E-state index in [0.29, 0.717) is 35.2 Å². The van der Waals surface area contributed by atoms with Gasteiger partial charge in [0.15, 0.2) is 6.61 Å². The summed E-state index contributed by atoms with van der Waals surface area (Å²) in [7, 11) is 1.58. The minimum absolute atomic E-state index is 0.0669. The maximum Gasteiger partial charge on any atom is 0.260 e. The Labute approximate surface area is 156 Å². The van der Waals surface area contributed by atoms with Crippen LogP contribution in [-0.4, -0.2) is 49.6 Å². The first kappa shape index (κ1) is 18.1. The van der Waals surface area contributed by atoms with Gasteiger partial charge in [0.05, 0.1) is 18.1 Å². The Hall–Kier alpha value is -2.73. The lowest BCUT2D eigenvalue weighted by molar-refractivity contribution is -0.142. The molecule has 0 aliphatic carbocycles. The van der Waals surface area contributed by atoms with Crippen molar-refractivity contribution < 1.29 is 19.1 Å². The average molecular weight is 375 g/mol. The minimum atomic E-state index is -0.169. The summed E-state index contributed by atoms with van der Waals surface area (Å²) in [6.45, 7) is 0.895. The molecule has 1 saturated heterocycles. The van der Waals surface area contributed by atoms with Gasteiger partial charge in [-0.3, -0.25) is 9.59 Å². The van der Waals surface area contributed by atoms with E-state index in [-0.39, 0.29) is 24.5 Å². The summed E-state index contributed by atoms with van der Waals surface area (Å²) in [6, 6.07) is 14.0. The Morgan fingerprint density at radius 1 is 1.19 bits per heavy atom. The molecule has 0 radical (unpaired) electrons. The molecule has 0 spiro atoms. The molecule has 7 heteroatoms. The van der Waals surface area contributed by atoms with Crippen LogP contribution in [0.1, 0.15) is 10.4 Å². The van der Waals surface area contributed by atoms with Gasteiger partial charge in [-0.2, -0.15) is 0 Å². The van der Waals surface area contributed by atoms with Crippen molar-refractivity contribution in [2.75, 3.05) is 26.7 Å². The summed E-state index contributed by atoms with van der Waals surface area (Å²) in [4.78, 5) is 25.4. The number of hydrogen-bond donors (Lipinski definition) is 1. The fourth-order valence-corrected chi connectivity index (χ4v) is 2.75. The summed E-state index contributed by atoms with van der Waals surface area (Å²) >= 11 is 6.00. The van der Waals surface area contributed by atoms with Crippen molar-refractivity contribution >= 4 is 23.4 Å². The maximum absolute atomic E-state index is 12.1. The predicted molar refractivity (Wildman–Crippen MR) is 97.8 cm³/mol. The van der Waals surface area contributed by atoms with E-state index in [1.54, 1.807) is 60.5 Å². The van der Waals surface area contributed by atoms with Crippen LogP contribution in [0.15, 0.2) is 48.5 Å². The third-order valence-corrected chi connectivity index (χ3v) is 4.33. The Kier molecular flexibility index (Phi) is 5.63. The van der Waals surface area contributed by atoms with Crippen molar-refractivity contribution in [1.82, 2.24) is 10.2 Å². The zero-order valence-corrected chi connectivity index (χ0v) is 15.0. The number of ether oxygens (including phenoxy) is 2. The van der Waals surface area contributed by atoms with Crippen LogP contribution in [-0.2, 0) is 4.79 Å². The van der Waals surface area contributed by atoms with Gasteiger partial charge in [-0.25, -0.2) is 0 Å². The fraction of sp³-hybridized carbons (Fsp3) is 0.263. The van der Waals surface area contributed by atoms with E-state index in [1.807, 2.05) is 0 Å². The SMILES string of the molecule is CNC(=O)c1cccc(OC2CN(C(=O)COc3ccccc3Cl)C2)c1. The lowest BCUT2D eigenvalue weighted by Gasteiger charge is -2.38. The molecular formula is C19H19ClN2O4. The average Bonchev–Trinajstić information content (AvgIpc) is 2.63. The number of carbonyl (C=O) groups excluding carboxylic acids is 2. The number of nitrogens with zero attached hydrogens (tertiary/aromatic N) is 1. The number of para-hydroxylation sites is 1. The molecule has 1 fully saturated rings. The predicted octanol–water partition coefficient (Wildman–Crippen LogP) is 2.37. The molecule has 1 aliphatic rings. The second-order valence-corrected chi connectivity index (χ2v) is 6.27. The highest BCUT2D eigenvalue weighted by molar-refractivity contribution is 6.32. The number of hydrogen-bond acceptors (Lipinski definition) is 4. The highest BCUT2D eigenvalue weighted by Crippen LogP contribution is 2.24. The van der Waals surface area contributed by atoms with Gasteiger partial charge < -0.3 is 19.7 Å². The molecule has 1 N–H and O–H groups in total. The van der Waals surface area contributed by atoms with Crippen LogP contribution in [0.25, 0.3) is 0 Å². The van der Waals surface area contributed by atoms with Crippen LogP contribution in [0, 0.1) is 0 Å². The molecule has 0 unspecified atom stereocenters. The third-order valence-electron chi connectivity index (χ3n) is 4.01. The third kappa shape index (κ3) is 4.26.